The maximum absolute atomic E-state index is 11.7. The van der Waals surface area contributed by atoms with Gasteiger partial charge in [-0.15, -0.1) is 5.10 Å². The molecule has 2 unspecified atom stereocenters. The summed E-state index contributed by atoms with van der Waals surface area (Å²) in [6.07, 6.45) is 7.03. The molecule has 6 heteroatoms. The Morgan fingerprint density at radius 1 is 1.61 bits per heavy atom. The van der Waals surface area contributed by atoms with Gasteiger partial charge in [-0.05, 0) is 25.2 Å². The number of aromatic nitrogens is 3. The number of hydrogen-bond donors (Lipinski definition) is 1. The molecule has 100 valence electrons. The molecule has 0 aliphatic heterocycles. The normalized spacial score (nSPS) is 23.8. The number of esters is 1. The van der Waals surface area contributed by atoms with E-state index in [-0.39, 0.29) is 24.6 Å². The predicted molar refractivity (Wildman–Crippen MR) is 66.6 cm³/mol. The van der Waals surface area contributed by atoms with Gasteiger partial charge in [0.1, 0.15) is 19.0 Å². The molecule has 0 aromatic carbocycles. The van der Waals surface area contributed by atoms with E-state index in [0.717, 1.165) is 25.7 Å². The van der Waals surface area contributed by atoms with Crippen molar-refractivity contribution in [3.63, 3.8) is 0 Å². The van der Waals surface area contributed by atoms with Gasteiger partial charge in [-0.2, -0.15) is 0 Å². The Hall–Kier alpha value is -1.59. The number of ether oxygens (including phenoxy) is 1. The summed E-state index contributed by atoms with van der Waals surface area (Å²) in [6.45, 7) is 2.27. The van der Waals surface area contributed by atoms with Crippen LogP contribution in [0.4, 0.5) is 5.95 Å². The van der Waals surface area contributed by atoms with Crippen LogP contribution in [0.2, 0.25) is 0 Å². The van der Waals surface area contributed by atoms with E-state index < -0.39 is 0 Å². The summed E-state index contributed by atoms with van der Waals surface area (Å²) in [7, 11) is 0. The standard InChI is InChI=1S/C12H20N4O2/c1-2-9-4-3-5-10(6-9)18-11(17)7-16-8-14-12(13)15-16/h8-10H,2-7H2,1H3,(H2,13,15). The van der Waals surface area contributed by atoms with Gasteiger partial charge in [-0.25, -0.2) is 9.67 Å². The Balaban J connectivity index is 1.80. The fourth-order valence-corrected chi connectivity index (χ4v) is 2.46. The van der Waals surface area contributed by atoms with E-state index in [0.29, 0.717) is 5.92 Å². The van der Waals surface area contributed by atoms with Gasteiger partial charge in [0.25, 0.3) is 0 Å². The Morgan fingerprint density at radius 2 is 2.44 bits per heavy atom. The second kappa shape index (κ2) is 5.84. The van der Waals surface area contributed by atoms with Gasteiger partial charge in [0, 0.05) is 0 Å². The van der Waals surface area contributed by atoms with Crippen LogP contribution < -0.4 is 5.73 Å². The van der Waals surface area contributed by atoms with Crippen molar-refractivity contribution in [2.24, 2.45) is 5.92 Å². The third-order valence-electron chi connectivity index (χ3n) is 3.46. The van der Waals surface area contributed by atoms with Crippen LogP contribution in [0.25, 0.3) is 0 Å². The van der Waals surface area contributed by atoms with Gasteiger partial charge in [0.15, 0.2) is 0 Å². The first-order chi connectivity index (χ1) is 8.67. The molecule has 6 nitrogen and oxygen atoms in total. The number of anilines is 1. The summed E-state index contributed by atoms with van der Waals surface area (Å²) in [5.74, 6) is 0.603. The zero-order chi connectivity index (χ0) is 13.0. The summed E-state index contributed by atoms with van der Waals surface area (Å²) in [5.41, 5.74) is 5.38. The molecule has 0 bridgehead atoms. The molecule has 1 aromatic rings. The van der Waals surface area contributed by atoms with Crippen LogP contribution in [0.5, 0.6) is 0 Å². The first-order valence-corrected chi connectivity index (χ1v) is 6.51. The van der Waals surface area contributed by atoms with Crippen molar-refractivity contribution in [1.29, 1.82) is 0 Å². The van der Waals surface area contributed by atoms with Crippen molar-refractivity contribution in [3.8, 4) is 0 Å². The van der Waals surface area contributed by atoms with E-state index in [2.05, 4.69) is 17.0 Å². The number of nitrogens with two attached hydrogens (primary N) is 1. The number of carbonyl (C=O) groups excluding carboxylic acids is 1. The average molecular weight is 252 g/mol. The number of rotatable bonds is 4. The highest BCUT2D eigenvalue weighted by molar-refractivity contribution is 5.69. The van der Waals surface area contributed by atoms with Crippen molar-refractivity contribution in [2.45, 2.75) is 51.7 Å². The zero-order valence-electron chi connectivity index (χ0n) is 10.7. The number of nitrogens with zero attached hydrogens (tertiary/aromatic N) is 3. The Morgan fingerprint density at radius 3 is 3.11 bits per heavy atom. The van der Waals surface area contributed by atoms with Crippen LogP contribution >= 0.6 is 0 Å². The number of carbonyl (C=O) groups is 1. The molecule has 1 aromatic heterocycles. The molecular weight excluding hydrogens is 232 g/mol. The molecule has 18 heavy (non-hydrogen) atoms. The minimum Gasteiger partial charge on any atom is -0.461 e. The Kier molecular flexibility index (Phi) is 4.17. The van der Waals surface area contributed by atoms with Gasteiger partial charge in [-0.1, -0.05) is 19.8 Å². The monoisotopic (exact) mass is 252 g/mol. The molecule has 2 rings (SSSR count). The molecule has 1 fully saturated rings. The fraction of sp³-hybridized carbons (Fsp3) is 0.750. The molecular formula is C12H20N4O2. The van der Waals surface area contributed by atoms with E-state index in [9.17, 15) is 4.79 Å². The van der Waals surface area contributed by atoms with Crippen LogP contribution in [0.1, 0.15) is 39.0 Å². The molecule has 0 radical (unpaired) electrons. The Bertz CT molecular complexity index is 405. The molecule has 2 N–H and O–H groups in total. The number of nitrogen functional groups attached to an aromatic ring is 1. The second-order valence-electron chi connectivity index (χ2n) is 4.85. The lowest BCUT2D eigenvalue weighted by molar-refractivity contribution is -0.152. The van der Waals surface area contributed by atoms with Gasteiger partial charge in [-0.3, -0.25) is 4.79 Å². The highest BCUT2D eigenvalue weighted by Gasteiger charge is 2.23. The summed E-state index contributed by atoms with van der Waals surface area (Å²) in [6, 6.07) is 0. The van der Waals surface area contributed by atoms with Gasteiger partial charge < -0.3 is 10.5 Å². The summed E-state index contributed by atoms with van der Waals surface area (Å²) < 4.78 is 6.87. The second-order valence-corrected chi connectivity index (χ2v) is 4.85. The fourth-order valence-electron chi connectivity index (χ4n) is 2.46. The van der Waals surface area contributed by atoms with Crippen LogP contribution in [0, 0.1) is 5.92 Å². The van der Waals surface area contributed by atoms with Crippen molar-refractivity contribution in [3.05, 3.63) is 6.33 Å². The predicted octanol–water partition coefficient (Wildman–Crippen LogP) is 1.37. The van der Waals surface area contributed by atoms with Gasteiger partial charge >= 0.3 is 5.97 Å². The first-order valence-electron chi connectivity index (χ1n) is 6.51. The third kappa shape index (κ3) is 3.45. The summed E-state index contributed by atoms with van der Waals surface area (Å²) >= 11 is 0. The molecule has 0 spiro atoms. The molecule has 1 saturated carbocycles. The molecule has 2 atom stereocenters. The van der Waals surface area contributed by atoms with E-state index in [1.807, 2.05) is 0 Å². The van der Waals surface area contributed by atoms with Crippen LogP contribution in [-0.2, 0) is 16.1 Å². The quantitative estimate of drug-likeness (QED) is 0.818. The smallest absolute Gasteiger partial charge is 0.328 e. The lowest BCUT2D eigenvalue weighted by atomic mass is 9.85. The largest absolute Gasteiger partial charge is 0.461 e. The van der Waals surface area contributed by atoms with Crippen molar-refractivity contribution in [1.82, 2.24) is 14.8 Å². The SMILES string of the molecule is CCC1CCCC(OC(=O)Cn2cnc(N)n2)C1. The van der Waals surface area contributed by atoms with E-state index in [4.69, 9.17) is 10.5 Å². The molecule has 0 amide bonds. The first kappa shape index (κ1) is 12.9. The van der Waals surface area contributed by atoms with Crippen molar-refractivity contribution in [2.75, 3.05) is 5.73 Å². The topological polar surface area (TPSA) is 83.0 Å². The van der Waals surface area contributed by atoms with Crippen LogP contribution in [0.3, 0.4) is 0 Å². The summed E-state index contributed by atoms with van der Waals surface area (Å²) in [5, 5.41) is 3.86. The zero-order valence-corrected chi connectivity index (χ0v) is 10.7. The highest BCUT2D eigenvalue weighted by atomic mass is 16.5. The van der Waals surface area contributed by atoms with Crippen LogP contribution in [0.15, 0.2) is 6.33 Å². The molecule has 1 aliphatic carbocycles. The maximum atomic E-state index is 11.7. The maximum Gasteiger partial charge on any atom is 0.328 e. The molecule has 1 heterocycles. The van der Waals surface area contributed by atoms with Crippen molar-refractivity contribution < 1.29 is 9.53 Å². The van der Waals surface area contributed by atoms with E-state index in [1.54, 1.807) is 0 Å². The third-order valence-corrected chi connectivity index (χ3v) is 3.46. The van der Waals surface area contributed by atoms with E-state index >= 15 is 0 Å². The Labute approximate surface area is 107 Å². The highest BCUT2D eigenvalue weighted by Crippen LogP contribution is 2.28. The summed E-state index contributed by atoms with van der Waals surface area (Å²) in [4.78, 5) is 15.5. The lowest BCUT2D eigenvalue weighted by Gasteiger charge is -2.28. The van der Waals surface area contributed by atoms with Gasteiger partial charge in [0.2, 0.25) is 5.95 Å². The lowest BCUT2D eigenvalue weighted by Crippen LogP contribution is -2.27. The molecule has 1 aliphatic rings. The van der Waals surface area contributed by atoms with Crippen molar-refractivity contribution >= 4 is 11.9 Å². The average Bonchev–Trinajstić information content (AvgIpc) is 2.74. The van der Waals surface area contributed by atoms with E-state index in [1.165, 1.54) is 17.4 Å². The molecule has 0 saturated heterocycles. The number of hydrogen-bond acceptors (Lipinski definition) is 5. The van der Waals surface area contributed by atoms with Gasteiger partial charge in [0.05, 0.1) is 0 Å². The van der Waals surface area contributed by atoms with Crippen LogP contribution in [-0.4, -0.2) is 26.8 Å². The minimum atomic E-state index is -0.262. The minimum absolute atomic E-state index is 0.0667.